The minimum absolute atomic E-state index is 0.00829. The first kappa shape index (κ1) is 23.3. The molecule has 5 heteroatoms. The molecule has 1 fully saturated rings. The van der Waals surface area contributed by atoms with E-state index in [4.69, 9.17) is 4.74 Å². The SMILES string of the molecule is COc1ccc(N(Cc2ccccc2)C(=O)C2CCN(C(=O)/C=C/c3ccccc3)CC2)cc1. The van der Waals surface area contributed by atoms with Crippen LogP contribution in [0, 0.1) is 5.92 Å². The lowest BCUT2D eigenvalue weighted by molar-refractivity contribution is -0.131. The Labute approximate surface area is 201 Å². The van der Waals surface area contributed by atoms with E-state index in [1.165, 1.54) is 0 Å². The van der Waals surface area contributed by atoms with Gasteiger partial charge in [0.2, 0.25) is 11.8 Å². The van der Waals surface area contributed by atoms with Crippen molar-refractivity contribution in [3.63, 3.8) is 0 Å². The van der Waals surface area contributed by atoms with Crippen LogP contribution in [0.2, 0.25) is 0 Å². The largest absolute Gasteiger partial charge is 0.497 e. The van der Waals surface area contributed by atoms with Gasteiger partial charge in [-0.3, -0.25) is 9.59 Å². The van der Waals surface area contributed by atoms with E-state index in [9.17, 15) is 9.59 Å². The lowest BCUT2D eigenvalue weighted by Crippen LogP contribution is -2.44. The summed E-state index contributed by atoms with van der Waals surface area (Å²) in [6.45, 7) is 1.66. The smallest absolute Gasteiger partial charge is 0.246 e. The van der Waals surface area contributed by atoms with Crippen molar-refractivity contribution in [1.82, 2.24) is 4.90 Å². The number of benzene rings is 3. The number of piperidine rings is 1. The quantitative estimate of drug-likeness (QED) is 0.462. The molecule has 0 bridgehead atoms. The molecule has 1 heterocycles. The minimum Gasteiger partial charge on any atom is -0.497 e. The number of methoxy groups -OCH3 is 1. The zero-order chi connectivity index (χ0) is 23.8. The maximum Gasteiger partial charge on any atom is 0.246 e. The molecule has 0 spiro atoms. The van der Waals surface area contributed by atoms with Gasteiger partial charge in [-0.1, -0.05) is 60.7 Å². The normalized spacial score (nSPS) is 14.2. The fourth-order valence-corrected chi connectivity index (χ4v) is 4.23. The van der Waals surface area contributed by atoms with E-state index in [0.29, 0.717) is 32.5 Å². The van der Waals surface area contributed by atoms with Gasteiger partial charge < -0.3 is 14.5 Å². The summed E-state index contributed by atoms with van der Waals surface area (Å²) in [4.78, 5) is 29.9. The lowest BCUT2D eigenvalue weighted by atomic mass is 9.94. The molecule has 4 rings (SSSR count). The number of carbonyl (C=O) groups is 2. The first-order valence-corrected chi connectivity index (χ1v) is 11.7. The van der Waals surface area contributed by atoms with Crippen molar-refractivity contribution in [1.29, 1.82) is 0 Å². The summed E-state index contributed by atoms with van der Waals surface area (Å²) >= 11 is 0. The van der Waals surface area contributed by atoms with E-state index in [1.54, 1.807) is 13.2 Å². The van der Waals surface area contributed by atoms with Crippen LogP contribution < -0.4 is 9.64 Å². The van der Waals surface area contributed by atoms with Crippen molar-refractivity contribution >= 4 is 23.6 Å². The van der Waals surface area contributed by atoms with Gasteiger partial charge in [-0.25, -0.2) is 0 Å². The van der Waals surface area contributed by atoms with Crippen LogP contribution in [0.15, 0.2) is 91.0 Å². The van der Waals surface area contributed by atoms with Gasteiger partial charge in [0, 0.05) is 30.8 Å². The van der Waals surface area contributed by atoms with Crippen LogP contribution in [-0.4, -0.2) is 36.9 Å². The van der Waals surface area contributed by atoms with Crippen LogP contribution in [-0.2, 0) is 16.1 Å². The second-order valence-corrected chi connectivity index (χ2v) is 8.45. The highest BCUT2D eigenvalue weighted by atomic mass is 16.5. The number of rotatable bonds is 7. The second kappa shape index (κ2) is 11.3. The Morgan fingerprint density at radius 1 is 0.912 bits per heavy atom. The third-order valence-corrected chi connectivity index (χ3v) is 6.21. The molecule has 1 saturated heterocycles. The zero-order valence-electron chi connectivity index (χ0n) is 19.5. The van der Waals surface area contributed by atoms with Gasteiger partial charge in [-0.05, 0) is 54.3 Å². The minimum atomic E-state index is -0.118. The van der Waals surface area contributed by atoms with Gasteiger partial charge >= 0.3 is 0 Å². The van der Waals surface area contributed by atoms with Crippen molar-refractivity contribution in [2.75, 3.05) is 25.1 Å². The van der Waals surface area contributed by atoms with Gasteiger partial charge in [0.1, 0.15) is 5.75 Å². The van der Waals surface area contributed by atoms with Crippen molar-refractivity contribution in [3.05, 3.63) is 102 Å². The van der Waals surface area contributed by atoms with Gasteiger partial charge in [0.25, 0.3) is 0 Å². The molecule has 0 saturated carbocycles. The van der Waals surface area contributed by atoms with E-state index in [2.05, 4.69) is 0 Å². The molecule has 0 atom stereocenters. The van der Waals surface area contributed by atoms with Gasteiger partial charge in [0.05, 0.1) is 13.7 Å². The monoisotopic (exact) mass is 454 g/mol. The fraction of sp³-hybridized carbons (Fsp3) is 0.241. The first-order valence-electron chi connectivity index (χ1n) is 11.7. The molecule has 0 radical (unpaired) electrons. The highest BCUT2D eigenvalue weighted by molar-refractivity contribution is 5.96. The van der Waals surface area contributed by atoms with Crippen LogP contribution in [0.4, 0.5) is 5.69 Å². The van der Waals surface area contributed by atoms with Crippen LogP contribution in [0.3, 0.4) is 0 Å². The Morgan fingerprint density at radius 2 is 1.53 bits per heavy atom. The number of amides is 2. The van der Waals surface area contributed by atoms with E-state index < -0.39 is 0 Å². The molecule has 0 aromatic heterocycles. The highest BCUT2D eigenvalue weighted by Crippen LogP contribution is 2.27. The predicted octanol–water partition coefficient (Wildman–Crippen LogP) is 5.18. The van der Waals surface area contributed by atoms with Crippen LogP contribution >= 0.6 is 0 Å². The molecular weight excluding hydrogens is 424 g/mol. The molecule has 34 heavy (non-hydrogen) atoms. The predicted molar refractivity (Wildman–Crippen MR) is 135 cm³/mol. The summed E-state index contributed by atoms with van der Waals surface area (Å²) in [5.74, 6) is 0.728. The Balaban J connectivity index is 1.42. The number of nitrogens with zero attached hydrogens (tertiary/aromatic N) is 2. The molecule has 1 aliphatic heterocycles. The highest BCUT2D eigenvalue weighted by Gasteiger charge is 2.30. The van der Waals surface area contributed by atoms with E-state index in [1.807, 2.05) is 101 Å². The average Bonchev–Trinajstić information content (AvgIpc) is 2.91. The molecule has 174 valence electrons. The topological polar surface area (TPSA) is 49.9 Å². The standard InChI is InChI=1S/C29H30N2O3/c1-34-27-15-13-26(14-16-27)31(22-24-10-6-3-7-11-24)29(33)25-18-20-30(21-19-25)28(32)17-12-23-8-4-2-5-9-23/h2-17,25H,18-22H2,1H3/b17-12+. The Kier molecular flexibility index (Phi) is 7.76. The van der Waals surface area contributed by atoms with E-state index >= 15 is 0 Å². The summed E-state index contributed by atoms with van der Waals surface area (Å²) < 4.78 is 5.28. The first-order chi connectivity index (χ1) is 16.6. The molecular formula is C29H30N2O3. The summed E-state index contributed by atoms with van der Waals surface area (Å²) in [5, 5.41) is 0. The average molecular weight is 455 g/mol. The molecule has 5 nitrogen and oxygen atoms in total. The third kappa shape index (κ3) is 5.93. The summed E-state index contributed by atoms with van der Waals surface area (Å²) in [6.07, 6.45) is 4.78. The van der Waals surface area contributed by atoms with Crippen LogP contribution in [0.25, 0.3) is 6.08 Å². The van der Waals surface area contributed by atoms with Gasteiger partial charge in [0.15, 0.2) is 0 Å². The zero-order valence-corrected chi connectivity index (χ0v) is 19.5. The van der Waals surface area contributed by atoms with Crippen molar-refractivity contribution in [3.8, 4) is 5.75 Å². The number of anilines is 1. The van der Waals surface area contributed by atoms with Crippen molar-refractivity contribution in [2.45, 2.75) is 19.4 Å². The number of carbonyl (C=O) groups excluding carboxylic acids is 2. The Morgan fingerprint density at radius 3 is 2.15 bits per heavy atom. The van der Waals surface area contributed by atoms with Crippen LogP contribution in [0.1, 0.15) is 24.0 Å². The maximum absolute atomic E-state index is 13.6. The Hall–Kier alpha value is -3.86. The maximum atomic E-state index is 13.6. The molecule has 0 N–H and O–H groups in total. The summed E-state index contributed by atoms with van der Waals surface area (Å²) in [7, 11) is 1.63. The van der Waals surface area contributed by atoms with Crippen LogP contribution in [0.5, 0.6) is 5.75 Å². The molecule has 3 aromatic carbocycles. The number of likely N-dealkylation sites (tertiary alicyclic amines) is 1. The van der Waals surface area contributed by atoms with Crippen molar-refractivity contribution in [2.24, 2.45) is 5.92 Å². The van der Waals surface area contributed by atoms with Crippen molar-refractivity contribution < 1.29 is 14.3 Å². The number of ether oxygens (including phenoxy) is 1. The Bertz CT molecular complexity index is 1100. The van der Waals surface area contributed by atoms with Gasteiger partial charge in [-0.15, -0.1) is 0 Å². The number of hydrogen-bond acceptors (Lipinski definition) is 3. The third-order valence-electron chi connectivity index (χ3n) is 6.21. The summed E-state index contributed by atoms with van der Waals surface area (Å²) in [6, 6.07) is 27.4. The second-order valence-electron chi connectivity index (χ2n) is 8.45. The molecule has 3 aromatic rings. The van der Waals surface area contributed by atoms with E-state index in [-0.39, 0.29) is 17.7 Å². The number of hydrogen-bond donors (Lipinski definition) is 0. The van der Waals surface area contributed by atoms with E-state index in [0.717, 1.165) is 22.6 Å². The lowest BCUT2D eigenvalue weighted by Gasteiger charge is -2.34. The molecule has 1 aliphatic rings. The molecule has 0 aliphatic carbocycles. The fourth-order valence-electron chi connectivity index (χ4n) is 4.23. The molecule has 0 unspecified atom stereocenters. The molecule has 2 amide bonds. The summed E-state index contributed by atoms with van der Waals surface area (Å²) in [5.41, 5.74) is 2.92. The van der Waals surface area contributed by atoms with Gasteiger partial charge in [-0.2, -0.15) is 0 Å².